The van der Waals surface area contributed by atoms with Gasteiger partial charge in [-0.1, -0.05) is 0 Å². The van der Waals surface area contributed by atoms with Crippen LogP contribution in [0.2, 0.25) is 0 Å². The maximum Gasteiger partial charge on any atom is 0.222 e. The second-order valence-corrected chi connectivity index (χ2v) is 6.26. The summed E-state index contributed by atoms with van der Waals surface area (Å²) in [5.41, 5.74) is 1.07. The number of aromatic nitrogens is 1. The van der Waals surface area contributed by atoms with E-state index in [1.807, 2.05) is 23.2 Å². The first-order valence-electron chi connectivity index (χ1n) is 7.88. The van der Waals surface area contributed by atoms with Crippen molar-refractivity contribution in [1.29, 1.82) is 0 Å². The van der Waals surface area contributed by atoms with Crippen LogP contribution in [-0.2, 0) is 16.0 Å². The second-order valence-electron chi connectivity index (χ2n) is 6.26. The van der Waals surface area contributed by atoms with Crippen LogP contribution in [0.25, 0.3) is 0 Å². The number of H-pyrrole nitrogens is 1. The van der Waals surface area contributed by atoms with Crippen LogP contribution >= 0.6 is 0 Å². The largest absolute Gasteiger partial charge is 0.365 e. The molecule has 2 fully saturated rings. The van der Waals surface area contributed by atoms with Crippen molar-refractivity contribution in [3.05, 3.63) is 24.0 Å². The molecule has 0 aromatic carbocycles. The first-order chi connectivity index (χ1) is 10.2. The maximum atomic E-state index is 12.3. The molecule has 0 bridgehead atoms. The fraction of sp³-hybridized carbons (Fsp3) is 0.625. The number of carbonyl (C=O) groups is 2. The van der Waals surface area contributed by atoms with Crippen molar-refractivity contribution in [2.45, 2.75) is 50.5 Å². The third kappa shape index (κ3) is 3.28. The van der Waals surface area contributed by atoms with Crippen LogP contribution in [0.4, 0.5) is 0 Å². The average Bonchev–Trinajstić information content (AvgIpc) is 3.05. The molecule has 21 heavy (non-hydrogen) atoms. The van der Waals surface area contributed by atoms with Crippen LogP contribution < -0.4 is 5.32 Å². The van der Waals surface area contributed by atoms with Gasteiger partial charge in [0.2, 0.25) is 11.8 Å². The van der Waals surface area contributed by atoms with E-state index in [9.17, 15) is 9.59 Å². The second kappa shape index (κ2) is 5.92. The summed E-state index contributed by atoms with van der Waals surface area (Å²) in [6, 6.07) is 3.97. The minimum atomic E-state index is -0.0361. The first-order valence-corrected chi connectivity index (χ1v) is 7.88. The summed E-state index contributed by atoms with van der Waals surface area (Å²) in [7, 11) is 0. The fourth-order valence-corrected chi connectivity index (χ4v) is 3.51. The van der Waals surface area contributed by atoms with E-state index in [0.717, 1.165) is 50.9 Å². The Balaban J connectivity index is 1.52. The Bertz CT molecular complexity index is 512. The van der Waals surface area contributed by atoms with E-state index < -0.39 is 0 Å². The highest BCUT2D eigenvalue weighted by molar-refractivity contribution is 5.79. The Labute approximate surface area is 125 Å². The van der Waals surface area contributed by atoms with Gasteiger partial charge < -0.3 is 15.2 Å². The number of aromatic amines is 1. The van der Waals surface area contributed by atoms with E-state index in [1.165, 1.54) is 0 Å². The molecule has 1 aromatic rings. The van der Waals surface area contributed by atoms with Crippen molar-refractivity contribution < 1.29 is 9.59 Å². The minimum Gasteiger partial charge on any atom is -0.365 e. The Morgan fingerprint density at radius 2 is 2.19 bits per heavy atom. The zero-order valence-corrected chi connectivity index (χ0v) is 12.4. The van der Waals surface area contributed by atoms with Gasteiger partial charge in [-0.2, -0.15) is 0 Å². The Morgan fingerprint density at radius 1 is 1.29 bits per heavy atom. The molecule has 2 amide bonds. The predicted octanol–water partition coefficient (Wildman–Crippen LogP) is 1.61. The Hall–Kier alpha value is -1.78. The van der Waals surface area contributed by atoms with Crippen molar-refractivity contribution in [2.75, 3.05) is 13.1 Å². The standard InChI is InChI=1S/C16H23N3O2/c20-14-6-8-16(18-14)7-2-11-19(12-9-16)15(21)5-4-13-3-1-10-17-13/h1,3,10,17H,2,4-9,11-12H2,(H,18,20). The van der Waals surface area contributed by atoms with E-state index in [-0.39, 0.29) is 17.4 Å². The fourth-order valence-electron chi connectivity index (χ4n) is 3.51. The third-order valence-electron chi connectivity index (χ3n) is 4.80. The van der Waals surface area contributed by atoms with Gasteiger partial charge >= 0.3 is 0 Å². The van der Waals surface area contributed by atoms with Crippen LogP contribution in [0, 0.1) is 0 Å². The monoisotopic (exact) mass is 289 g/mol. The lowest BCUT2D eigenvalue weighted by molar-refractivity contribution is -0.131. The van der Waals surface area contributed by atoms with E-state index in [4.69, 9.17) is 0 Å². The quantitative estimate of drug-likeness (QED) is 0.888. The molecular formula is C16H23N3O2. The summed E-state index contributed by atoms with van der Waals surface area (Å²) in [6.45, 7) is 1.59. The highest BCUT2D eigenvalue weighted by atomic mass is 16.2. The lowest BCUT2D eigenvalue weighted by Crippen LogP contribution is -2.42. The molecule has 1 unspecified atom stereocenters. The van der Waals surface area contributed by atoms with Crippen molar-refractivity contribution >= 4 is 11.8 Å². The summed E-state index contributed by atoms with van der Waals surface area (Å²) in [5, 5.41) is 3.14. The van der Waals surface area contributed by atoms with Crippen molar-refractivity contribution in [2.24, 2.45) is 0 Å². The molecule has 0 aliphatic carbocycles. The highest BCUT2D eigenvalue weighted by Crippen LogP contribution is 2.31. The van der Waals surface area contributed by atoms with E-state index >= 15 is 0 Å². The lowest BCUT2D eigenvalue weighted by atomic mass is 9.89. The molecule has 114 valence electrons. The summed E-state index contributed by atoms with van der Waals surface area (Å²) in [6.07, 6.45) is 7.65. The zero-order chi connectivity index (χ0) is 14.7. The topological polar surface area (TPSA) is 65.2 Å². The number of carbonyl (C=O) groups excluding carboxylic acids is 2. The molecule has 1 spiro atoms. The molecule has 2 saturated heterocycles. The number of aryl methyl sites for hydroxylation is 1. The number of hydrogen-bond donors (Lipinski definition) is 2. The number of likely N-dealkylation sites (tertiary alicyclic amines) is 1. The van der Waals surface area contributed by atoms with Gasteiger partial charge in [0.1, 0.15) is 0 Å². The Kier molecular flexibility index (Phi) is 3.99. The van der Waals surface area contributed by atoms with Gasteiger partial charge in [0.05, 0.1) is 0 Å². The molecule has 5 heteroatoms. The molecule has 0 saturated carbocycles. The van der Waals surface area contributed by atoms with Crippen LogP contribution in [0.5, 0.6) is 0 Å². The molecule has 1 aromatic heterocycles. The minimum absolute atomic E-state index is 0.0361. The summed E-state index contributed by atoms with van der Waals surface area (Å²) in [5.74, 6) is 0.396. The molecule has 5 nitrogen and oxygen atoms in total. The first kappa shape index (κ1) is 14.2. The van der Waals surface area contributed by atoms with Gasteiger partial charge in [-0.3, -0.25) is 9.59 Å². The molecule has 3 rings (SSSR count). The average molecular weight is 289 g/mol. The lowest BCUT2D eigenvalue weighted by Gasteiger charge is -2.27. The van der Waals surface area contributed by atoms with Crippen LogP contribution in [0.1, 0.15) is 44.2 Å². The van der Waals surface area contributed by atoms with Gasteiger partial charge in [-0.25, -0.2) is 0 Å². The number of nitrogens with one attached hydrogen (secondary N) is 2. The smallest absolute Gasteiger partial charge is 0.222 e. The zero-order valence-electron chi connectivity index (χ0n) is 12.4. The summed E-state index contributed by atoms with van der Waals surface area (Å²) < 4.78 is 0. The van der Waals surface area contributed by atoms with Crippen molar-refractivity contribution in [3.8, 4) is 0 Å². The molecule has 2 N–H and O–H groups in total. The Morgan fingerprint density at radius 3 is 2.90 bits per heavy atom. The van der Waals surface area contributed by atoms with E-state index in [2.05, 4.69) is 10.3 Å². The van der Waals surface area contributed by atoms with Crippen molar-refractivity contribution in [3.63, 3.8) is 0 Å². The van der Waals surface area contributed by atoms with Gasteiger partial charge in [0, 0.05) is 43.4 Å². The maximum absolute atomic E-state index is 12.3. The highest BCUT2D eigenvalue weighted by Gasteiger charge is 2.39. The van der Waals surface area contributed by atoms with Crippen molar-refractivity contribution in [1.82, 2.24) is 15.2 Å². The molecular weight excluding hydrogens is 266 g/mol. The van der Waals surface area contributed by atoms with Gasteiger partial charge in [-0.05, 0) is 44.2 Å². The number of amides is 2. The predicted molar refractivity (Wildman–Crippen MR) is 79.7 cm³/mol. The van der Waals surface area contributed by atoms with Crippen LogP contribution in [0.3, 0.4) is 0 Å². The van der Waals surface area contributed by atoms with Crippen LogP contribution in [0.15, 0.2) is 18.3 Å². The molecule has 0 radical (unpaired) electrons. The summed E-state index contributed by atoms with van der Waals surface area (Å²) in [4.78, 5) is 28.9. The van der Waals surface area contributed by atoms with Gasteiger partial charge in [0.25, 0.3) is 0 Å². The number of hydrogen-bond acceptors (Lipinski definition) is 2. The third-order valence-corrected chi connectivity index (χ3v) is 4.80. The molecule has 2 aliphatic heterocycles. The number of rotatable bonds is 3. The van der Waals surface area contributed by atoms with E-state index in [1.54, 1.807) is 0 Å². The van der Waals surface area contributed by atoms with Gasteiger partial charge in [-0.15, -0.1) is 0 Å². The molecule has 1 atom stereocenters. The number of nitrogens with zero attached hydrogens (tertiary/aromatic N) is 1. The van der Waals surface area contributed by atoms with Crippen LogP contribution in [-0.4, -0.2) is 40.3 Å². The SMILES string of the molecule is O=C1CCC2(CCCN(C(=O)CCc3ccc[nH]3)CC2)N1. The van der Waals surface area contributed by atoms with E-state index in [0.29, 0.717) is 12.8 Å². The molecule has 2 aliphatic rings. The van der Waals surface area contributed by atoms with Gasteiger partial charge in [0.15, 0.2) is 0 Å². The summed E-state index contributed by atoms with van der Waals surface area (Å²) >= 11 is 0. The normalized spacial score (nSPS) is 25.9. The molecule has 3 heterocycles.